The lowest BCUT2D eigenvalue weighted by Gasteiger charge is -2.28. The topological polar surface area (TPSA) is 67.6 Å². The molecule has 1 saturated heterocycles. The number of carbonyl (C=O) groups is 1. The van der Waals surface area contributed by atoms with Gasteiger partial charge in [-0.2, -0.15) is 0 Å². The number of likely N-dealkylation sites (N-methyl/N-ethyl adjacent to an activating group) is 1. The predicted octanol–water partition coefficient (Wildman–Crippen LogP) is 0.339. The zero-order chi connectivity index (χ0) is 13.5. The van der Waals surface area contributed by atoms with E-state index in [1.807, 2.05) is 20.9 Å². The van der Waals surface area contributed by atoms with Gasteiger partial charge in [-0.05, 0) is 33.7 Å². The molecule has 18 heavy (non-hydrogen) atoms. The minimum Gasteiger partial charge on any atom is -0.377 e. The van der Waals surface area contributed by atoms with Crippen LogP contribution in [0.25, 0.3) is 0 Å². The monoisotopic (exact) mass is 257 g/mol. The van der Waals surface area contributed by atoms with Gasteiger partial charge in [0.1, 0.15) is 0 Å². The molecule has 0 aliphatic carbocycles. The molecule has 0 aromatic rings. The first-order valence-corrected chi connectivity index (χ1v) is 6.84. The summed E-state index contributed by atoms with van der Waals surface area (Å²) in [5.41, 5.74) is 5.76. The molecule has 0 aromatic heterocycles. The van der Waals surface area contributed by atoms with Crippen LogP contribution in [-0.2, 0) is 9.53 Å². The third-order valence-electron chi connectivity index (χ3n) is 3.28. The number of carbonyl (C=O) groups excluding carboxylic acids is 1. The van der Waals surface area contributed by atoms with E-state index in [1.165, 1.54) is 0 Å². The third-order valence-corrected chi connectivity index (χ3v) is 3.28. The normalized spacial score (nSPS) is 21.6. The molecule has 1 heterocycles. The van der Waals surface area contributed by atoms with Gasteiger partial charge >= 0.3 is 0 Å². The summed E-state index contributed by atoms with van der Waals surface area (Å²) in [7, 11) is 2.02. The molecule has 0 radical (unpaired) electrons. The Labute approximate surface area is 110 Å². The van der Waals surface area contributed by atoms with Gasteiger partial charge in [-0.25, -0.2) is 0 Å². The summed E-state index contributed by atoms with van der Waals surface area (Å²) in [6.07, 6.45) is 3.01. The van der Waals surface area contributed by atoms with E-state index in [9.17, 15) is 4.79 Å². The number of nitrogens with two attached hydrogens (primary N) is 1. The maximum atomic E-state index is 11.7. The van der Waals surface area contributed by atoms with Crippen molar-refractivity contribution in [2.24, 2.45) is 5.73 Å². The molecule has 5 nitrogen and oxygen atoms in total. The summed E-state index contributed by atoms with van der Waals surface area (Å²) >= 11 is 0. The van der Waals surface area contributed by atoms with E-state index in [2.05, 4.69) is 10.2 Å². The van der Waals surface area contributed by atoms with Crippen LogP contribution >= 0.6 is 0 Å². The van der Waals surface area contributed by atoms with Crippen LogP contribution in [0.2, 0.25) is 0 Å². The van der Waals surface area contributed by atoms with Crippen molar-refractivity contribution in [3.63, 3.8) is 0 Å². The molecule has 5 heteroatoms. The summed E-state index contributed by atoms with van der Waals surface area (Å²) in [5.74, 6) is 0.0691. The molecule has 1 fully saturated rings. The van der Waals surface area contributed by atoms with Gasteiger partial charge < -0.3 is 15.8 Å². The van der Waals surface area contributed by atoms with Crippen LogP contribution in [0, 0.1) is 0 Å². The van der Waals surface area contributed by atoms with Gasteiger partial charge in [0.15, 0.2) is 0 Å². The van der Waals surface area contributed by atoms with Crippen LogP contribution in [0.3, 0.4) is 0 Å². The number of ether oxygens (including phenoxy) is 1. The predicted molar refractivity (Wildman–Crippen MR) is 72.3 cm³/mol. The quantitative estimate of drug-likeness (QED) is 0.690. The second kappa shape index (κ2) is 7.71. The zero-order valence-corrected chi connectivity index (χ0v) is 11.8. The summed E-state index contributed by atoms with van der Waals surface area (Å²) in [4.78, 5) is 13.9. The van der Waals surface area contributed by atoms with E-state index in [0.29, 0.717) is 19.1 Å². The third kappa shape index (κ3) is 5.33. The largest absolute Gasteiger partial charge is 0.377 e. The molecular formula is C13H27N3O2. The Morgan fingerprint density at radius 1 is 1.56 bits per heavy atom. The van der Waals surface area contributed by atoms with E-state index in [-0.39, 0.29) is 18.0 Å². The Balaban J connectivity index is 2.36. The highest BCUT2D eigenvalue weighted by molar-refractivity contribution is 5.76. The summed E-state index contributed by atoms with van der Waals surface area (Å²) in [6, 6.07) is 0.271. The maximum Gasteiger partial charge on any atom is 0.221 e. The smallest absolute Gasteiger partial charge is 0.221 e. The average molecular weight is 257 g/mol. The van der Waals surface area contributed by atoms with Crippen LogP contribution in [0.15, 0.2) is 0 Å². The number of rotatable bonds is 7. The van der Waals surface area contributed by atoms with Crippen LogP contribution in [0.1, 0.15) is 33.1 Å². The van der Waals surface area contributed by atoms with Crippen molar-refractivity contribution in [3.05, 3.63) is 0 Å². The fourth-order valence-corrected chi connectivity index (χ4v) is 2.27. The zero-order valence-electron chi connectivity index (χ0n) is 11.8. The summed E-state index contributed by atoms with van der Waals surface area (Å²) in [5, 5.41) is 2.90. The van der Waals surface area contributed by atoms with Gasteiger partial charge in [0.25, 0.3) is 0 Å². The van der Waals surface area contributed by atoms with Gasteiger partial charge in [-0.15, -0.1) is 0 Å². The van der Waals surface area contributed by atoms with Crippen LogP contribution < -0.4 is 11.1 Å². The number of nitrogens with one attached hydrogen (secondary N) is 1. The van der Waals surface area contributed by atoms with Crippen molar-refractivity contribution in [3.8, 4) is 0 Å². The lowest BCUT2D eigenvalue weighted by atomic mass is 10.1. The number of amides is 1. The first-order valence-electron chi connectivity index (χ1n) is 6.84. The average Bonchev–Trinajstić information content (AvgIpc) is 2.77. The van der Waals surface area contributed by atoms with E-state index >= 15 is 0 Å². The molecular weight excluding hydrogens is 230 g/mol. The minimum absolute atomic E-state index is 0.0691. The van der Waals surface area contributed by atoms with Crippen molar-refractivity contribution in [2.75, 3.05) is 26.7 Å². The Bertz CT molecular complexity index is 253. The second-order valence-corrected chi connectivity index (χ2v) is 5.39. The maximum absolute atomic E-state index is 11.7. The fourth-order valence-electron chi connectivity index (χ4n) is 2.27. The van der Waals surface area contributed by atoms with Gasteiger partial charge in [0, 0.05) is 38.2 Å². The lowest BCUT2D eigenvalue weighted by molar-refractivity contribution is -0.122. The Kier molecular flexibility index (Phi) is 6.60. The Morgan fingerprint density at radius 3 is 2.78 bits per heavy atom. The molecule has 2 unspecified atom stereocenters. The molecule has 3 N–H and O–H groups in total. The summed E-state index contributed by atoms with van der Waals surface area (Å²) in [6.45, 7) is 6.14. The molecule has 1 aliphatic heterocycles. The number of hydrogen-bond donors (Lipinski definition) is 2. The van der Waals surface area contributed by atoms with Crippen molar-refractivity contribution in [1.29, 1.82) is 0 Å². The SMILES string of the molecule is CC(C)NC(=O)CC(CN)N(C)CC1CCCO1. The molecule has 1 rings (SSSR count). The van der Waals surface area contributed by atoms with Crippen molar-refractivity contribution >= 4 is 5.91 Å². The number of nitrogens with zero attached hydrogens (tertiary/aromatic N) is 1. The Morgan fingerprint density at radius 2 is 2.28 bits per heavy atom. The lowest BCUT2D eigenvalue weighted by Crippen LogP contribution is -2.45. The van der Waals surface area contributed by atoms with Crippen LogP contribution in [0.5, 0.6) is 0 Å². The highest BCUT2D eigenvalue weighted by Crippen LogP contribution is 2.14. The van der Waals surface area contributed by atoms with Gasteiger partial charge in [0.2, 0.25) is 5.91 Å². The molecule has 0 aromatic carbocycles. The van der Waals surface area contributed by atoms with E-state index in [4.69, 9.17) is 10.5 Å². The second-order valence-electron chi connectivity index (χ2n) is 5.39. The highest BCUT2D eigenvalue weighted by Gasteiger charge is 2.23. The van der Waals surface area contributed by atoms with Crippen LogP contribution in [0.4, 0.5) is 0 Å². The van der Waals surface area contributed by atoms with Gasteiger partial charge in [-0.3, -0.25) is 9.69 Å². The van der Waals surface area contributed by atoms with E-state index in [0.717, 1.165) is 26.0 Å². The first kappa shape index (κ1) is 15.4. The standard InChI is InChI=1S/C13H27N3O2/c1-10(2)15-13(17)7-11(8-14)16(3)9-12-5-4-6-18-12/h10-12H,4-9,14H2,1-3H3,(H,15,17). The number of hydrogen-bond acceptors (Lipinski definition) is 4. The van der Waals surface area contributed by atoms with E-state index < -0.39 is 0 Å². The fraction of sp³-hybridized carbons (Fsp3) is 0.923. The highest BCUT2D eigenvalue weighted by atomic mass is 16.5. The molecule has 0 spiro atoms. The van der Waals surface area contributed by atoms with Crippen molar-refractivity contribution in [2.45, 2.75) is 51.3 Å². The van der Waals surface area contributed by atoms with Gasteiger partial charge in [-0.1, -0.05) is 0 Å². The van der Waals surface area contributed by atoms with Crippen molar-refractivity contribution in [1.82, 2.24) is 10.2 Å². The molecule has 106 valence electrons. The first-order chi connectivity index (χ1) is 8.52. The minimum atomic E-state index is 0.0691. The van der Waals surface area contributed by atoms with E-state index in [1.54, 1.807) is 0 Å². The summed E-state index contributed by atoms with van der Waals surface area (Å²) < 4.78 is 5.60. The Hall–Kier alpha value is -0.650. The van der Waals surface area contributed by atoms with Crippen LogP contribution in [-0.4, -0.2) is 55.7 Å². The molecule has 1 amide bonds. The molecule has 0 saturated carbocycles. The molecule has 2 atom stereocenters. The molecule has 1 aliphatic rings. The van der Waals surface area contributed by atoms with Crippen molar-refractivity contribution < 1.29 is 9.53 Å². The molecule has 0 bridgehead atoms. The van der Waals surface area contributed by atoms with Gasteiger partial charge in [0.05, 0.1) is 6.10 Å².